The van der Waals surface area contributed by atoms with Crippen LogP contribution >= 0.6 is 0 Å². The predicted molar refractivity (Wildman–Crippen MR) is 122 cm³/mol. The van der Waals surface area contributed by atoms with E-state index in [1.807, 2.05) is 6.92 Å². The number of hydrogen-bond donors (Lipinski definition) is 1. The van der Waals surface area contributed by atoms with Crippen LogP contribution in [0.2, 0.25) is 0 Å². The number of carbonyl (C=O) groups excluding carboxylic acids is 2. The summed E-state index contributed by atoms with van der Waals surface area (Å²) in [5.74, 6) is -3.71. The number of rotatable bonds is 7. The molecule has 1 aromatic heterocycles. The molecule has 0 saturated carbocycles. The van der Waals surface area contributed by atoms with Gasteiger partial charge < -0.3 is 14.6 Å². The molecule has 0 aliphatic carbocycles. The third kappa shape index (κ3) is 4.85. The molecule has 2 aromatic rings. The lowest BCUT2D eigenvalue weighted by Gasteiger charge is -2.31. The highest BCUT2D eigenvalue weighted by Crippen LogP contribution is 2.33. The minimum atomic E-state index is -4.14. The number of halogens is 2. The van der Waals surface area contributed by atoms with Crippen LogP contribution in [0.15, 0.2) is 23.1 Å². The molecule has 1 aromatic carbocycles. The molecule has 186 valence electrons. The molecule has 1 unspecified atom stereocenters. The minimum absolute atomic E-state index is 0.00107. The summed E-state index contributed by atoms with van der Waals surface area (Å²) in [5, 5.41) is 2.42. The lowest BCUT2D eigenvalue weighted by atomic mass is 9.98. The van der Waals surface area contributed by atoms with Crippen molar-refractivity contribution in [2.24, 2.45) is 5.92 Å². The second kappa shape index (κ2) is 10.2. The van der Waals surface area contributed by atoms with Gasteiger partial charge in [-0.25, -0.2) is 22.0 Å². The average Bonchev–Trinajstić information content (AvgIpc) is 3.05. The van der Waals surface area contributed by atoms with Crippen LogP contribution in [0.25, 0.3) is 0 Å². The first-order valence-electron chi connectivity index (χ1n) is 11.2. The Labute approximate surface area is 197 Å². The second-order valence-electron chi connectivity index (χ2n) is 8.16. The van der Waals surface area contributed by atoms with E-state index in [0.29, 0.717) is 36.8 Å². The zero-order valence-electron chi connectivity index (χ0n) is 19.7. The topological polar surface area (TPSA) is 97.7 Å². The fourth-order valence-electron chi connectivity index (χ4n) is 4.42. The lowest BCUT2D eigenvalue weighted by Crippen LogP contribution is -2.44. The van der Waals surface area contributed by atoms with Crippen LogP contribution in [-0.4, -0.2) is 48.9 Å². The van der Waals surface area contributed by atoms with Gasteiger partial charge in [0.05, 0.1) is 18.2 Å². The third-order valence-electron chi connectivity index (χ3n) is 6.06. The molecule has 1 fully saturated rings. The fourth-order valence-corrected chi connectivity index (χ4v) is 6.39. The van der Waals surface area contributed by atoms with Crippen molar-refractivity contribution >= 4 is 27.6 Å². The maximum atomic E-state index is 14.0. The number of ether oxygens (including phenoxy) is 1. The van der Waals surface area contributed by atoms with Crippen LogP contribution in [0.5, 0.6) is 0 Å². The number of benzene rings is 1. The summed E-state index contributed by atoms with van der Waals surface area (Å²) in [5.41, 5.74) is 0.738. The van der Waals surface area contributed by atoms with E-state index in [-0.39, 0.29) is 35.8 Å². The first kappa shape index (κ1) is 25.8. The monoisotopic (exact) mass is 497 g/mol. The summed E-state index contributed by atoms with van der Waals surface area (Å²) >= 11 is 0. The van der Waals surface area contributed by atoms with Crippen LogP contribution < -0.4 is 5.32 Å². The van der Waals surface area contributed by atoms with Crippen molar-refractivity contribution in [1.82, 2.24) is 8.87 Å². The van der Waals surface area contributed by atoms with Crippen molar-refractivity contribution in [3.8, 4) is 0 Å². The van der Waals surface area contributed by atoms with Crippen molar-refractivity contribution in [1.29, 1.82) is 0 Å². The first-order valence-corrected chi connectivity index (χ1v) is 12.6. The molecule has 1 saturated heterocycles. The summed E-state index contributed by atoms with van der Waals surface area (Å²) in [6, 6.07) is 2.80. The van der Waals surface area contributed by atoms with Gasteiger partial charge >= 0.3 is 5.97 Å². The molecule has 3 rings (SSSR count). The number of piperidine rings is 1. The van der Waals surface area contributed by atoms with Crippen molar-refractivity contribution in [3.05, 3.63) is 46.8 Å². The van der Waals surface area contributed by atoms with Gasteiger partial charge in [0, 0.05) is 37.1 Å². The number of carbonyl (C=O) groups is 2. The highest BCUT2D eigenvalue weighted by molar-refractivity contribution is 7.89. The Balaban J connectivity index is 1.91. The van der Waals surface area contributed by atoms with Gasteiger partial charge in [0.2, 0.25) is 15.9 Å². The van der Waals surface area contributed by atoms with Crippen LogP contribution in [-0.2, 0) is 26.1 Å². The van der Waals surface area contributed by atoms with Crippen LogP contribution in [0.3, 0.4) is 0 Å². The van der Waals surface area contributed by atoms with Gasteiger partial charge in [-0.2, -0.15) is 4.31 Å². The second-order valence-corrected chi connectivity index (χ2v) is 10.0. The predicted octanol–water partition coefficient (Wildman–Crippen LogP) is 3.62. The van der Waals surface area contributed by atoms with Gasteiger partial charge in [-0.1, -0.05) is 0 Å². The third-order valence-corrected chi connectivity index (χ3v) is 8.09. The molecular formula is C23H29F2N3O5S. The number of nitrogens with zero attached hydrogens (tertiary/aromatic N) is 2. The van der Waals surface area contributed by atoms with E-state index in [2.05, 4.69) is 5.32 Å². The first-order chi connectivity index (χ1) is 16.0. The maximum absolute atomic E-state index is 14.0. The summed E-state index contributed by atoms with van der Waals surface area (Å²) < 4.78 is 62.6. The number of amides is 1. The van der Waals surface area contributed by atoms with Crippen molar-refractivity contribution in [3.63, 3.8) is 0 Å². The van der Waals surface area contributed by atoms with E-state index >= 15 is 0 Å². The zero-order chi connectivity index (χ0) is 25.2. The van der Waals surface area contributed by atoms with E-state index in [0.717, 1.165) is 12.1 Å². The highest BCUT2D eigenvalue weighted by Gasteiger charge is 2.39. The molecule has 1 aliphatic heterocycles. The Morgan fingerprint density at radius 3 is 2.50 bits per heavy atom. The molecule has 34 heavy (non-hydrogen) atoms. The molecule has 8 nitrogen and oxygen atoms in total. The molecule has 1 aliphatic rings. The molecule has 0 spiro atoms. The number of hydrogen-bond acceptors (Lipinski definition) is 5. The summed E-state index contributed by atoms with van der Waals surface area (Å²) in [4.78, 5) is 25.3. The number of esters is 1. The minimum Gasteiger partial charge on any atom is -0.462 e. The van der Waals surface area contributed by atoms with Crippen LogP contribution in [0, 0.1) is 31.4 Å². The van der Waals surface area contributed by atoms with Crippen molar-refractivity contribution < 1.29 is 31.5 Å². The number of sulfonamides is 1. The molecule has 1 N–H and O–H groups in total. The van der Waals surface area contributed by atoms with Crippen molar-refractivity contribution in [2.45, 2.75) is 52.0 Å². The van der Waals surface area contributed by atoms with Gasteiger partial charge in [0.25, 0.3) is 0 Å². The summed E-state index contributed by atoms with van der Waals surface area (Å²) in [6.45, 7) is 7.41. The van der Waals surface area contributed by atoms with E-state index in [9.17, 15) is 26.8 Å². The highest BCUT2D eigenvalue weighted by atomic mass is 32.2. The van der Waals surface area contributed by atoms with Crippen molar-refractivity contribution in [2.75, 3.05) is 25.0 Å². The number of nitrogens with one attached hydrogen (secondary N) is 1. The Morgan fingerprint density at radius 2 is 1.88 bits per heavy atom. The van der Waals surface area contributed by atoms with Gasteiger partial charge in [0.1, 0.15) is 22.1 Å². The Morgan fingerprint density at radius 1 is 1.18 bits per heavy atom. The molecule has 1 atom stereocenters. The number of aromatic nitrogens is 1. The molecular weight excluding hydrogens is 468 g/mol. The van der Waals surface area contributed by atoms with Crippen LogP contribution in [0.1, 0.15) is 48.4 Å². The largest absolute Gasteiger partial charge is 0.462 e. The summed E-state index contributed by atoms with van der Waals surface area (Å²) in [7, 11) is -4.14. The Bertz CT molecular complexity index is 1210. The van der Waals surface area contributed by atoms with E-state index in [1.54, 1.807) is 25.3 Å². The van der Waals surface area contributed by atoms with Gasteiger partial charge in [-0.15, -0.1) is 0 Å². The summed E-state index contributed by atoms with van der Waals surface area (Å²) in [6.07, 6.45) is 0.809. The molecule has 0 radical (unpaired) electrons. The normalized spacial score (nSPS) is 16.9. The standard InChI is InChI=1S/C23H29F2N3O5S/c1-5-28-14(3)20(23(30)33-6-2)21(15(28)4)34(31,32)27-11-7-8-16(13-27)22(29)26-19-10-9-17(24)12-18(19)25/h9-10,12,16H,5-8,11,13H2,1-4H3,(H,26,29). The average molecular weight is 498 g/mol. The molecule has 11 heteroatoms. The Hall–Kier alpha value is -2.79. The smallest absolute Gasteiger partial charge is 0.341 e. The van der Waals surface area contributed by atoms with Gasteiger partial charge in [-0.05, 0) is 52.7 Å². The SMILES string of the molecule is CCOC(=O)c1c(S(=O)(=O)N2CCCC(C(=O)Nc3ccc(F)cc3F)C2)c(C)n(CC)c1C. The fraction of sp³-hybridized carbons (Fsp3) is 0.478. The van der Waals surface area contributed by atoms with E-state index in [4.69, 9.17) is 4.74 Å². The Kier molecular flexibility index (Phi) is 7.77. The quantitative estimate of drug-likeness (QED) is 0.590. The zero-order valence-corrected chi connectivity index (χ0v) is 20.5. The maximum Gasteiger partial charge on any atom is 0.341 e. The molecule has 2 heterocycles. The molecule has 0 bridgehead atoms. The van der Waals surface area contributed by atoms with Gasteiger partial charge in [0.15, 0.2) is 0 Å². The lowest BCUT2D eigenvalue weighted by molar-refractivity contribution is -0.120. The van der Waals surface area contributed by atoms with E-state index in [1.165, 1.54) is 4.31 Å². The molecule has 1 amide bonds. The van der Waals surface area contributed by atoms with Crippen LogP contribution in [0.4, 0.5) is 14.5 Å². The van der Waals surface area contributed by atoms with Gasteiger partial charge in [-0.3, -0.25) is 4.79 Å². The van der Waals surface area contributed by atoms with E-state index < -0.39 is 39.5 Å². The number of anilines is 1.